The molecule has 2 atom stereocenters. The molecule has 3 rings (SSSR count). The van der Waals surface area contributed by atoms with Crippen molar-refractivity contribution < 1.29 is 13.9 Å². The van der Waals surface area contributed by atoms with Gasteiger partial charge in [-0.15, -0.1) is 0 Å². The lowest BCUT2D eigenvalue weighted by molar-refractivity contribution is -0.129. The summed E-state index contributed by atoms with van der Waals surface area (Å²) in [5.41, 5.74) is 1.88. The molecule has 1 aromatic heterocycles. The molecule has 5 heteroatoms. The van der Waals surface area contributed by atoms with Crippen molar-refractivity contribution in [2.75, 3.05) is 26.8 Å². The van der Waals surface area contributed by atoms with Gasteiger partial charge in [-0.2, -0.15) is 0 Å². The average Bonchev–Trinajstić information content (AvgIpc) is 3.00. The normalized spacial score (nSPS) is 20.3. The molecule has 0 N–H and O–H groups in total. The molecule has 0 aliphatic carbocycles. The Morgan fingerprint density at radius 2 is 2.08 bits per heavy atom. The number of benzene rings is 1. The zero-order valence-electron chi connectivity index (χ0n) is 13.7. The molecule has 4 nitrogen and oxygen atoms in total. The largest absolute Gasteiger partial charge is 0.384 e. The standard InChI is InChI=1S/C19H21FN2O2/c1-24-13-16-11-22(12-18(16)15-5-7-21-8-6-15)19(23)10-14-3-2-4-17(20)9-14/h2-9,16,18H,10-13H2,1H3/t16-,18-/m0/s1. The van der Waals surface area contributed by atoms with Gasteiger partial charge in [0.2, 0.25) is 5.91 Å². The SMILES string of the molecule is COC[C@@H]1CN(C(=O)Cc2cccc(F)c2)C[C@H]1c1ccncc1. The van der Waals surface area contributed by atoms with Crippen LogP contribution in [0.25, 0.3) is 0 Å². The molecule has 1 amide bonds. The van der Waals surface area contributed by atoms with Crippen LogP contribution < -0.4 is 0 Å². The molecule has 1 aromatic carbocycles. The zero-order valence-corrected chi connectivity index (χ0v) is 13.7. The molecule has 1 fully saturated rings. The third-order valence-electron chi connectivity index (χ3n) is 4.55. The Labute approximate surface area is 141 Å². The lowest BCUT2D eigenvalue weighted by atomic mass is 9.90. The lowest BCUT2D eigenvalue weighted by Gasteiger charge is -2.17. The molecular formula is C19H21FN2O2. The minimum Gasteiger partial charge on any atom is -0.384 e. The minimum atomic E-state index is -0.311. The number of ether oxygens (including phenoxy) is 1. The number of rotatable bonds is 5. The molecule has 126 valence electrons. The first-order chi connectivity index (χ1) is 11.7. The van der Waals surface area contributed by atoms with Crippen LogP contribution in [0.5, 0.6) is 0 Å². The first-order valence-electron chi connectivity index (χ1n) is 8.08. The predicted molar refractivity (Wildman–Crippen MR) is 89.0 cm³/mol. The molecular weight excluding hydrogens is 307 g/mol. The molecule has 0 bridgehead atoms. The molecule has 0 saturated carbocycles. The highest BCUT2D eigenvalue weighted by molar-refractivity contribution is 5.79. The van der Waals surface area contributed by atoms with Crippen molar-refractivity contribution in [2.45, 2.75) is 12.3 Å². The molecule has 2 aromatic rings. The van der Waals surface area contributed by atoms with Crippen molar-refractivity contribution >= 4 is 5.91 Å². The molecule has 0 spiro atoms. The fraction of sp³-hybridized carbons (Fsp3) is 0.368. The van der Waals surface area contributed by atoms with Crippen LogP contribution in [0.4, 0.5) is 4.39 Å². The number of halogens is 1. The second-order valence-electron chi connectivity index (χ2n) is 6.21. The molecule has 1 aliphatic rings. The van der Waals surface area contributed by atoms with Crippen LogP contribution in [0.3, 0.4) is 0 Å². The van der Waals surface area contributed by atoms with Crippen LogP contribution in [0.2, 0.25) is 0 Å². The Balaban J connectivity index is 1.71. The van der Waals surface area contributed by atoms with E-state index in [4.69, 9.17) is 4.74 Å². The van der Waals surface area contributed by atoms with Gasteiger partial charge in [-0.3, -0.25) is 9.78 Å². The van der Waals surface area contributed by atoms with E-state index < -0.39 is 0 Å². The Bertz CT molecular complexity index is 693. The summed E-state index contributed by atoms with van der Waals surface area (Å²) >= 11 is 0. The molecule has 1 aliphatic heterocycles. The Morgan fingerprint density at radius 3 is 2.79 bits per heavy atom. The Morgan fingerprint density at radius 1 is 1.29 bits per heavy atom. The smallest absolute Gasteiger partial charge is 0.227 e. The van der Waals surface area contributed by atoms with Crippen molar-refractivity contribution in [1.29, 1.82) is 0 Å². The fourth-order valence-electron chi connectivity index (χ4n) is 3.38. The van der Waals surface area contributed by atoms with E-state index in [-0.39, 0.29) is 30.0 Å². The first kappa shape index (κ1) is 16.6. The zero-order chi connectivity index (χ0) is 16.9. The summed E-state index contributed by atoms with van der Waals surface area (Å²) in [4.78, 5) is 18.5. The van der Waals surface area contributed by atoms with E-state index in [1.165, 1.54) is 17.7 Å². The maximum Gasteiger partial charge on any atom is 0.227 e. The highest BCUT2D eigenvalue weighted by Gasteiger charge is 2.35. The number of carbonyl (C=O) groups excluding carboxylic acids is 1. The van der Waals surface area contributed by atoms with Crippen molar-refractivity contribution in [1.82, 2.24) is 9.88 Å². The maximum absolute atomic E-state index is 13.3. The van der Waals surface area contributed by atoms with Gasteiger partial charge >= 0.3 is 0 Å². The molecule has 0 unspecified atom stereocenters. The highest BCUT2D eigenvalue weighted by Crippen LogP contribution is 2.33. The summed E-state index contributed by atoms with van der Waals surface area (Å²) in [5, 5.41) is 0. The quantitative estimate of drug-likeness (QED) is 0.847. The van der Waals surface area contributed by atoms with E-state index in [2.05, 4.69) is 4.98 Å². The number of likely N-dealkylation sites (tertiary alicyclic amines) is 1. The molecule has 24 heavy (non-hydrogen) atoms. The number of nitrogens with zero attached hydrogens (tertiary/aromatic N) is 2. The van der Waals surface area contributed by atoms with Crippen LogP contribution in [0.15, 0.2) is 48.8 Å². The van der Waals surface area contributed by atoms with Gasteiger partial charge in [-0.05, 0) is 35.4 Å². The summed E-state index contributed by atoms with van der Waals surface area (Å²) in [6.07, 6.45) is 3.77. The number of aromatic nitrogens is 1. The predicted octanol–water partition coefficient (Wildman–Crippen LogP) is 2.65. The molecule has 2 heterocycles. The van der Waals surface area contributed by atoms with Gasteiger partial charge in [0.15, 0.2) is 0 Å². The van der Waals surface area contributed by atoms with E-state index in [1.54, 1.807) is 31.6 Å². The number of hydrogen-bond acceptors (Lipinski definition) is 3. The highest BCUT2D eigenvalue weighted by atomic mass is 19.1. The number of carbonyl (C=O) groups is 1. The van der Waals surface area contributed by atoms with E-state index in [1.807, 2.05) is 17.0 Å². The van der Waals surface area contributed by atoms with Crippen LogP contribution in [0, 0.1) is 11.7 Å². The van der Waals surface area contributed by atoms with Crippen LogP contribution in [-0.4, -0.2) is 42.6 Å². The average molecular weight is 328 g/mol. The Kier molecular flexibility index (Phi) is 5.20. The number of amides is 1. The summed E-state index contributed by atoms with van der Waals surface area (Å²) in [7, 11) is 1.68. The monoisotopic (exact) mass is 328 g/mol. The van der Waals surface area contributed by atoms with Gasteiger partial charge in [-0.25, -0.2) is 4.39 Å². The van der Waals surface area contributed by atoms with Crippen LogP contribution in [-0.2, 0) is 16.0 Å². The van der Waals surface area contributed by atoms with Crippen LogP contribution in [0.1, 0.15) is 17.0 Å². The fourth-order valence-corrected chi connectivity index (χ4v) is 3.38. The van der Waals surface area contributed by atoms with Gasteiger partial charge in [-0.1, -0.05) is 12.1 Å². The van der Waals surface area contributed by atoms with E-state index in [9.17, 15) is 9.18 Å². The number of pyridine rings is 1. The maximum atomic E-state index is 13.3. The summed E-state index contributed by atoms with van der Waals surface area (Å²) < 4.78 is 18.6. The summed E-state index contributed by atoms with van der Waals surface area (Å²) in [5.74, 6) is 0.213. The van der Waals surface area contributed by atoms with Gasteiger partial charge in [0, 0.05) is 44.4 Å². The Hall–Kier alpha value is -2.27. The molecule has 1 saturated heterocycles. The third kappa shape index (κ3) is 3.79. The van der Waals surface area contributed by atoms with Crippen molar-refractivity contribution in [2.24, 2.45) is 5.92 Å². The molecule has 0 radical (unpaired) electrons. The van der Waals surface area contributed by atoms with Gasteiger partial charge in [0.25, 0.3) is 0 Å². The second kappa shape index (κ2) is 7.53. The number of hydrogen-bond donors (Lipinski definition) is 0. The van der Waals surface area contributed by atoms with Crippen LogP contribution >= 0.6 is 0 Å². The van der Waals surface area contributed by atoms with E-state index >= 15 is 0 Å². The second-order valence-corrected chi connectivity index (χ2v) is 6.21. The summed E-state index contributed by atoms with van der Waals surface area (Å²) in [6, 6.07) is 10.2. The van der Waals surface area contributed by atoms with Gasteiger partial charge in [0.1, 0.15) is 5.82 Å². The topological polar surface area (TPSA) is 42.4 Å². The third-order valence-corrected chi connectivity index (χ3v) is 4.55. The van der Waals surface area contributed by atoms with E-state index in [0.29, 0.717) is 25.3 Å². The van der Waals surface area contributed by atoms with Gasteiger partial charge < -0.3 is 9.64 Å². The minimum absolute atomic E-state index is 0.0262. The number of methoxy groups -OCH3 is 1. The van der Waals surface area contributed by atoms with E-state index in [0.717, 1.165) is 0 Å². The van der Waals surface area contributed by atoms with Crippen molar-refractivity contribution in [3.8, 4) is 0 Å². The summed E-state index contributed by atoms with van der Waals surface area (Å²) in [6.45, 7) is 1.93. The van der Waals surface area contributed by atoms with Crippen molar-refractivity contribution in [3.05, 3.63) is 65.7 Å². The van der Waals surface area contributed by atoms with Crippen molar-refractivity contribution in [3.63, 3.8) is 0 Å². The van der Waals surface area contributed by atoms with Gasteiger partial charge in [0.05, 0.1) is 13.0 Å². The first-order valence-corrected chi connectivity index (χ1v) is 8.08. The lowest BCUT2D eigenvalue weighted by Crippen LogP contribution is -2.30.